The fraction of sp³-hybridized carbons (Fsp3) is 0.316. The molecular weight excluding hydrogens is 292 g/mol. The highest BCUT2D eigenvalue weighted by molar-refractivity contribution is 5.77. The van der Waals surface area contributed by atoms with Crippen LogP contribution in [0.1, 0.15) is 29.0 Å². The molecule has 4 nitrogen and oxygen atoms in total. The number of carbonyl (C=O) groups is 1. The molecule has 4 heteroatoms. The summed E-state index contributed by atoms with van der Waals surface area (Å²) in [7, 11) is 1.55. The maximum atomic E-state index is 11.6. The van der Waals surface area contributed by atoms with Gasteiger partial charge >= 0.3 is 5.97 Å². The quantitative estimate of drug-likeness (QED) is 0.840. The maximum absolute atomic E-state index is 11.6. The number of ether oxygens (including phenoxy) is 2. The van der Waals surface area contributed by atoms with E-state index in [9.17, 15) is 9.90 Å². The average molecular weight is 314 g/mol. The van der Waals surface area contributed by atoms with E-state index in [1.807, 2.05) is 44.2 Å². The number of para-hydroxylation sites is 1. The van der Waals surface area contributed by atoms with Crippen molar-refractivity contribution in [3.63, 3.8) is 0 Å². The number of methoxy groups -OCH3 is 1. The Morgan fingerprint density at radius 3 is 2.52 bits per heavy atom. The lowest BCUT2D eigenvalue weighted by atomic mass is 9.95. The Kier molecular flexibility index (Phi) is 5.63. The van der Waals surface area contributed by atoms with Crippen LogP contribution in [-0.4, -0.2) is 24.8 Å². The minimum Gasteiger partial charge on any atom is -0.496 e. The number of hydrogen-bond acceptors (Lipinski definition) is 3. The predicted octanol–water partition coefficient (Wildman–Crippen LogP) is 3.95. The van der Waals surface area contributed by atoms with Crippen molar-refractivity contribution in [1.82, 2.24) is 0 Å². The van der Waals surface area contributed by atoms with Gasteiger partial charge in [0.15, 0.2) is 0 Å². The molecule has 0 spiro atoms. The van der Waals surface area contributed by atoms with Gasteiger partial charge in [-0.05, 0) is 38.0 Å². The molecule has 0 radical (unpaired) electrons. The Morgan fingerprint density at radius 1 is 1.13 bits per heavy atom. The molecule has 2 aromatic carbocycles. The molecule has 0 aliphatic carbocycles. The first-order valence-corrected chi connectivity index (χ1v) is 7.58. The lowest BCUT2D eigenvalue weighted by molar-refractivity contribution is -0.139. The van der Waals surface area contributed by atoms with Crippen molar-refractivity contribution in [3.05, 3.63) is 59.2 Å². The third-order valence-electron chi connectivity index (χ3n) is 3.81. The van der Waals surface area contributed by atoms with Crippen molar-refractivity contribution in [1.29, 1.82) is 0 Å². The van der Waals surface area contributed by atoms with Gasteiger partial charge in [0.05, 0.1) is 19.6 Å². The second-order valence-corrected chi connectivity index (χ2v) is 5.54. The first kappa shape index (κ1) is 16.9. The Labute approximate surface area is 136 Å². The molecule has 2 aromatic rings. The number of carboxylic acid groups (broad SMARTS) is 1. The van der Waals surface area contributed by atoms with Crippen molar-refractivity contribution in [2.45, 2.75) is 26.2 Å². The van der Waals surface area contributed by atoms with Crippen molar-refractivity contribution >= 4 is 5.97 Å². The molecule has 0 amide bonds. The third-order valence-corrected chi connectivity index (χ3v) is 3.81. The standard InChI is InChI=1S/C19H22O4/c1-13-8-9-17(14(2)12-13)23-11-10-16(19(20)21)15-6-4-5-7-18(15)22-3/h4-9,12,16H,10-11H2,1-3H3,(H,20,21). The van der Waals surface area contributed by atoms with Crippen LogP contribution in [0.25, 0.3) is 0 Å². The summed E-state index contributed by atoms with van der Waals surface area (Å²) in [5.74, 6) is -0.151. The Balaban J connectivity index is 2.07. The minimum absolute atomic E-state index is 0.332. The predicted molar refractivity (Wildman–Crippen MR) is 89.4 cm³/mol. The Morgan fingerprint density at radius 2 is 1.87 bits per heavy atom. The van der Waals surface area contributed by atoms with Crippen molar-refractivity contribution < 1.29 is 19.4 Å². The summed E-state index contributed by atoms with van der Waals surface area (Å²) in [5, 5.41) is 9.52. The second-order valence-electron chi connectivity index (χ2n) is 5.54. The van der Waals surface area contributed by atoms with Gasteiger partial charge in [-0.1, -0.05) is 35.9 Å². The van der Waals surface area contributed by atoms with E-state index in [1.165, 1.54) is 5.56 Å². The van der Waals surface area contributed by atoms with E-state index < -0.39 is 11.9 Å². The number of hydrogen-bond donors (Lipinski definition) is 1. The molecule has 0 heterocycles. The molecule has 1 N–H and O–H groups in total. The van der Waals surface area contributed by atoms with Gasteiger partial charge in [-0.15, -0.1) is 0 Å². The van der Waals surface area contributed by atoms with E-state index in [0.29, 0.717) is 24.3 Å². The van der Waals surface area contributed by atoms with Gasteiger partial charge in [-0.3, -0.25) is 4.79 Å². The summed E-state index contributed by atoms with van der Waals surface area (Å²) in [5.41, 5.74) is 2.90. The van der Waals surface area contributed by atoms with Gasteiger partial charge in [0.25, 0.3) is 0 Å². The lowest BCUT2D eigenvalue weighted by Gasteiger charge is -2.17. The molecule has 0 saturated carbocycles. The zero-order valence-corrected chi connectivity index (χ0v) is 13.7. The topological polar surface area (TPSA) is 55.8 Å². The van der Waals surface area contributed by atoms with Crippen LogP contribution in [0.4, 0.5) is 0 Å². The second kappa shape index (κ2) is 7.68. The van der Waals surface area contributed by atoms with E-state index in [-0.39, 0.29) is 0 Å². The smallest absolute Gasteiger partial charge is 0.311 e. The molecule has 0 fully saturated rings. The fourth-order valence-corrected chi connectivity index (χ4v) is 2.61. The van der Waals surface area contributed by atoms with Crippen LogP contribution >= 0.6 is 0 Å². The summed E-state index contributed by atoms with van der Waals surface area (Å²) in [4.78, 5) is 11.6. The summed E-state index contributed by atoms with van der Waals surface area (Å²) in [6.45, 7) is 4.34. The Hall–Kier alpha value is -2.49. The molecule has 0 aromatic heterocycles. The van der Waals surface area contributed by atoms with Gasteiger partial charge in [-0.2, -0.15) is 0 Å². The number of carboxylic acids is 1. The van der Waals surface area contributed by atoms with Crippen LogP contribution in [0, 0.1) is 13.8 Å². The van der Waals surface area contributed by atoms with E-state index >= 15 is 0 Å². The molecule has 0 aliphatic heterocycles. The van der Waals surface area contributed by atoms with Crippen molar-refractivity contribution in [2.24, 2.45) is 0 Å². The maximum Gasteiger partial charge on any atom is 0.311 e. The van der Waals surface area contributed by atoms with Crippen LogP contribution in [0.15, 0.2) is 42.5 Å². The molecule has 122 valence electrons. The molecule has 0 bridgehead atoms. The molecular formula is C19H22O4. The van der Waals surface area contributed by atoms with Gasteiger partial charge in [0.1, 0.15) is 11.5 Å². The van der Waals surface area contributed by atoms with Crippen LogP contribution < -0.4 is 9.47 Å². The lowest BCUT2D eigenvalue weighted by Crippen LogP contribution is -2.16. The highest BCUT2D eigenvalue weighted by Gasteiger charge is 2.23. The van der Waals surface area contributed by atoms with Gasteiger partial charge in [0, 0.05) is 5.56 Å². The Bertz CT molecular complexity index is 679. The highest BCUT2D eigenvalue weighted by Crippen LogP contribution is 2.29. The first-order valence-electron chi connectivity index (χ1n) is 7.58. The fourth-order valence-electron chi connectivity index (χ4n) is 2.61. The zero-order valence-electron chi connectivity index (χ0n) is 13.7. The molecule has 0 aliphatic rings. The first-order chi connectivity index (χ1) is 11.0. The van der Waals surface area contributed by atoms with Gasteiger partial charge < -0.3 is 14.6 Å². The molecule has 1 atom stereocenters. The number of aliphatic carboxylic acids is 1. The number of benzene rings is 2. The van der Waals surface area contributed by atoms with E-state index in [0.717, 1.165) is 11.3 Å². The van der Waals surface area contributed by atoms with E-state index in [1.54, 1.807) is 19.2 Å². The molecule has 1 unspecified atom stereocenters. The zero-order chi connectivity index (χ0) is 16.8. The van der Waals surface area contributed by atoms with E-state index in [2.05, 4.69) is 0 Å². The van der Waals surface area contributed by atoms with Crippen molar-refractivity contribution in [2.75, 3.05) is 13.7 Å². The summed E-state index contributed by atoms with van der Waals surface area (Å²) in [6.07, 6.45) is 0.378. The normalized spacial score (nSPS) is 11.8. The van der Waals surface area contributed by atoms with Crippen LogP contribution in [0.5, 0.6) is 11.5 Å². The van der Waals surface area contributed by atoms with Gasteiger partial charge in [-0.25, -0.2) is 0 Å². The average Bonchev–Trinajstić information content (AvgIpc) is 2.53. The molecule has 0 saturated heterocycles. The van der Waals surface area contributed by atoms with Crippen LogP contribution in [0.3, 0.4) is 0 Å². The summed E-state index contributed by atoms with van der Waals surface area (Å²) >= 11 is 0. The van der Waals surface area contributed by atoms with Gasteiger partial charge in [0.2, 0.25) is 0 Å². The summed E-state index contributed by atoms with van der Waals surface area (Å²) in [6, 6.07) is 13.2. The molecule has 2 rings (SSSR count). The highest BCUT2D eigenvalue weighted by atomic mass is 16.5. The van der Waals surface area contributed by atoms with E-state index in [4.69, 9.17) is 9.47 Å². The monoisotopic (exact) mass is 314 g/mol. The SMILES string of the molecule is COc1ccccc1C(CCOc1ccc(C)cc1C)C(=O)O. The van der Waals surface area contributed by atoms with Crippen LogP contribution in [0.2, 0.25) is 0 Å². The summed E-state index contributed by atoms with van der Waals surface area (Å²) < 4.78 is 11.0. The largest absolute Gasteiger partial charge is 0.496 e. The van der Waals surface area contributed by atoms with Crippen LogP contribution in [-0.2, 0) is 4.79 Å². The third kappa shape index (κ3) is 4.25. The minimum atomic E-state index is -0.876. The number of rotatable bonds is 7. The number of aryl methyl sites for hydroxylation is 2. The molecule has 23 heavy (non-hydrogen) atoms. The van der Waals surface area contributed by atoms with Crippen molar-refractivity contribution in [3.8, 4) is 11.5 Å².